The first-order valence-electron chi connectivity index (χ1n) is 6.82. The molecule has 0 saturated heterocycles. The van der Waals surface area contributed by atoms with Crippen LogP contribution in [-0.4, -0.2) is 6.54 Å². The van der Waals surface area contributed by atoms with Gasteiger partial charge in [-0.25, -0.2) is 8.78 Å². The van der Waals surface area contributed by atoms with Gasteiger partial charge in [0.2, 0.25) is 0 Å². The maximum atomic E-state index is 14.0. The third-order valence-corrected chi connectivity index (χ3v) is 3.41. The Labute approximate surface area is 118 Å². The molecule has 106 valence electrons. The van der Waals surface area contributed by atoms with Crippen LogP contribution < -0.4 is 5.32 Å². The van der Waals surface area contributed by atoms with Gasteiger partial charge in [0.1, 0.15) is 11.6 Å². The summed E-state index contributed by atoms with van der Waals surface area (Å²) in [5.74, 6) is -0.801. The topological polar surface area (TPSA) is 12.0 Å². The highest BCUT2D eigenvalue weighted by Crippen LogP contribution is 2.29. The lowest BCUT2D eigenvalue weighted by Gasteiger charge is -2.15. The number of aryl methyl sites for hydroxylation is 1. The molecule has 2 aromatic carbocycles. The number of halogens is 2. The number of rotatable bonds is 4. The van der Waals surface area contributed by atoms with Crippen molar-refractivity contribution >= 4 is 0 Å². The van der Waals surface area contributed by atoms with Crippen molar-refractivity contribution in [1.29, 1.82) is 0 Å². The number of benzene rings is 2. The first-order chi connectivity index (χ1) is 9.52. The Bertz CT molecular complexity index is 608. The molecule has 1 nitrogen and oxygen atoms in total. The van der Waals surface area contributed by atoms with Crippen molar-refractivity contribution in [3.8, 4) is 11.1 Å². The van der Waals surface area contributed by atoms with Gasteiger partial charge >= 0.3 is 0 Å². The first kappa shape index (κ1) is 14.7. The summed E-state index contributed by atoms with van der Waals surface area (Å²) >= 11 is 0. The van der Waals surface area contributed by atoms with Crippen LogP contribution in [0.5, 0.6) is 0 Å². The van der Waals surface area contributed by atoms with Gasteiger partial charge in [0, 0.05) is 17.2 Å². The van der Waals surface area contributed by atoms with Crippen LogP contribution in [0.25, 0.3) is 11.1 Å². The molecule has 0 spiro atoms. The van der Waals surface area contributed by atoms with Crippen molar-refractivity contribution in [3.63, 3.8) is 0 Å². The fourth-order valence-corrected chi connectivity index (χ4v) is 2.29. The van der Waals surface area contributed by atoms with E-state index in [9.17, 15) is 8.78 Å². The van der Waals surface area contributed by atoms with Crippen LogP contribution in [0, 0.1) is 18.6 Å². The van der Waals surface area contributed by atoms with Gasteiger partial charge in [0.15, 0.2) is 0 Å². The van der Waals surface area contributed by atoms with Gasteiger partial charge in [-0.2, -0.15) is 0 Å². The lowest BCUT2D eigenvalue weighted by Crippen LogP contribution is -2.17. The fourth-order valence-electron chi connectivity index (χ4n) is 2.29. The van der Waals surface area contributed by atoms with Crippen molar-refractivity contribution in [2.45, 2.75) is 26.8 Å². The maximum Gasteiger partial charge on any atom is 0.131 e. The average Bonchev–Trinajstić information content (AvgIpc) is 2.42. The SMILES string of the molecule is CCNC(C)c1ccc(F)c(-c2cc(C)ccc2F)c1. The molecule has 0 aromatic heterocycles. The van der Waals surface area contributed by atoms with Crippen molar-refractivity contribution in [3.05, 3.63) is 59.2 Å². The van der Waals surface area contributed by atoms with E-state index < -0.39 is 11.6 Å². The average molecular weight is 275 g/mol. The minimum absolute atomic E-state index is 0.104. The summed E-state index contributed by atoms with van der Waals surface area (Å²) in [6.45, 7) is 6.72. The van der Waals surface area contributed by atoms with Crippen molar-refractivity contribution in [1.82, 2.24) is 5.32 Å². The van der Waals surface area contributed by atoms with Gasteiger partial charge in [-0.05, 0) is 50.2 Å². The molecular formula is C17H19F2N. The largest absolute Gasteiger partial charge is 0.310 e. The standard InChI is InChI=1S/C17H19F2N/c1-4-20-12(3)13-6-8-17(19)15(10-13)14-9-11(2)5-7-16(14)18/h5-10,12,20H,4H2,1-3H3. The summed E-state index contributed by atoms with van der Waals surface area (Å²) in [5.41, 5.74) is 2.48. The highest BCUT2D eigenvalue weighted by atomic mass is 19.1. The zero-order valence-corrected chi connectivity index (χ0v) is 12.0. The molecule has 0 saturated carbocycles. The van der Waals surface area contributed by atoms with E-state index in [0.29, 0.717) is 11.1 Å². The van der Waals surface area contributed by atoms with E-state index in [1.807, 2.05) is 20.8 Å². The van der Waals surface area contributed by atoms with Gasteiger partial charge in [0.25, 0.3) is 0 Å². The Kier molecular flexibility index (Phi) is 4.50. The van der Waals surface area contributed by atoms with E-state index in [0.717, 1.165) is 17.7 Å². The Hall–Kier alpha value is -1.74. The van der Waals surface area contributed by atoms with Crippen LogP contribution in [0.2, 0.25) is 0 Å². The predicted molar refractivity (Wildman–Crippen MR) is 78.6 cm³/mol. The zero-order chi connectivity index (χ0) is 14.7. The molecule has 1 unspecified atom stereocenters. The molecule has 0 aliphatic rings. The van der Waals surface area contributed by atoms with Gasteiger partial charge < -0.3 is 5.32 Å². The molecule has 0 fully saturated rings. The van der Waals surface area contributed by atoms with Gasteiger partial charge in [-0.1, -0.05) is 24.6 Å². The molecule has 0 heterocycles. The zero-order valence-electron chi connectivity index (χ0n) is 12.0. The number of hydrogen-bond acceptors (Lipinski definition) is 1. The smallest absolute Gasteiger partial charge is 0.131 e. The highest BCUT2D eigenvalue weighted by molar-refractivity contribution is 5.66. The van der Waals surface area contributed by atoms with Gasteiger partial charge in [0.05, 0.1) is 0 Å². The third-order valence-electron chi connectivity index (χ3n) is 3.41. The lowest BCUT2D eigenvalue weighted by molar-refractivity contribution is 0.591. The molecule has 3 heteroatoms. The number of hydrogen-bond donors (Lipinski definition) is 1. The summed E-state index contributed by atoms with van der Waals surface area (Å²) in [4.78, 5) is 0. The van der Waals surface area contributed by atoms with Crippen LogP contribution in [-0.2, 0) is 0 Å². The molecular weight excluding hydrogens is 256 g/mol. The first-order valence-corrected chi connectivity index (χ1v) is 6.82. The second-order valence-corrected chi connectivity index (χ2v) is 5.00. The molecule has 1 N–H and O–H groups in total. The van der Waals surface area contributed by atoms with Crippen LogP contribution in [0.15, 0.2) is 36.4 Å². The van der Waals surface area contributed by atoms with Crippen LogP contribution in [0.3, 0.4) is 0 Å². The summed E-state index contributed by atoms with van der Waals surface area (Å²) in [6, 6.07) is 9.70. The van der Waals surface area contributed by atoms with Crippen LogP contribution in [0.1, 0.15) is 31.0 Å². The molecule has 1 atom stereocenters. The molecule has 20 heavy (non-hydrogen) atoms. The third kappa shape index (κ3) is 3.05. The molecule has 0 radical (unpaired) electrons. The quantitative estimate of drug-likeness (QED) is 0.859. The minimum atomic E-state index is -0.401. The molecule has 0 aliphatic carbocycles. The Morgan fingerprint density at radius 1 is 1.00 bits per heavy atom. The summed E-state index contributed by atoms with van der Waals surface area (Å²) in [6.07, 6.45) is 0. The van der Waals surface area contributed by atoms with Crippen molar-refractivity contribution < 1.29 is 8.78 Å². The molecule has 0 aliphatic heterocycles. The van der Waals surface area contributed by atoms with Crippen LogP contribution >= 0.6 is 0 Å². The van der Waals surface area contributed by atoms with Gasteiger partial charge in [-0.15, -0.1) is 0 Å². The monoisotopic (exact) mass is 275 g/mol. The van der Waals surface area contributed by atoms with E-state index in [2.05, 4.69) is 5.32 Å². The van der Waals surface area contributed by atoms with E-state index in [1.165, 1.54) is 12.1 Å². The number of nitrogens with one attached hydrogen (secondary N) is 1. The lowest BCUT2D eigenvalue weighted by atomic mass is 9.98. The predicted octanol–water partition coefficient (Wildman–Crippen LogP) is 4.61. The van der Waals surface area contributed by atoms with Crippen molar-refractivity contribution in [2.24, 2.45) is 0 Å². The molecule has 2 rings (SSSR count). The fraction of sp³-hybridized carbons (Fsp3) is 0.294. The van der Waals surface area contributed by atoms with Gasteiger partial charge in [-0.3, -0.25) is 0 Å². The second-order valence-electron chi connectivity index (χ2n) is 5.00. The Morgan fingerprint density at radius 2 is 1.60 bits per heavy atom. The van der Waals surface area contributed by atoms with Crippen LogP contribution in [0.4, 0.5) is 8.78 Å². The van der Waals surface area contributed by atoms with E-state index >= 15 is 0 Å². The summed E-state index contributed by atoms with van der Waals surface area (Å²) in [7, 11) is 0. The molecule has 2 aromatic rings. The maximum absolute atomic E-state index is 14.0. The second kappa shape index (κ2) is 6.14. The Balaban J connectivity index is 2.50. The molecule has 0 amide bonds. The van der Waals surface area contributed by atoms with E-state index in [4.69, 9.17) is 0 Å². The highest BCUT2D eigenvalue weighted by Gasteiger charge is 2.13. The summed E-state index contributed by atoms with van der Waals surface area (Å²) in [5, 5.41) is 3.27. The van der Waals surface area contributed by atoms with E-state index in [1.54, 1.807) is 24.3 Å². The summed E-state index contributed by atoms with van der Waals surface area (Å²) < 4.78 is 28.0. The normalized spacial score (nSPS) is 12.4. The molecule has 0 bridgehead atoms. The van der Waals surface area contributed by atoms with Crippen molar-refractivity contribution in [2.75, 3.05) is 6.54 Å². The van der Waals surface area contributed by atoms with E-state index in [-0.39, 0.29) is 6.04 Å². The minimum Gasteiger partial charge on any atom is -0.310 e. The Morgan fingerprint density at radius 3 is 2.25 bits per heavy atom.